The van der Waals surface area contributed by atoms with Crippen LogP contribution in [0.15, 0.2) is 42.5 Å². The summed E-state index contributed by atoms with van der Waals surface area (Å²) in [5.74, 6) is 1.90. The standard InChI is InChI=1S/C24H23N5O4/c1-27-8-9-28(23-22(27)25-17-4-2-3-5-18(17)26-23)24(31)15-12-21(30)29(14-15)16-6-7-19-20(13-16)33-11-10-32-19/h2-7,13,15H,8-12,14H2,1H3. The molecule has 1 fully saturated rings. The number of benzene rings is 2. The summed E-state index contributed by atoms with van der Waals surface area (Å²) in [6.45, 7) is 2.46. The van der Waals surface area contributed by atoms with Gasteiger partial charge in [-0.1, -0.05) is 12.1 Å². The number of para-hydroxylation sites is 2. The number of fused-ring (bicyclic) bond motifs is 3. The van der Waals surface area contributed by atoms with Gasteiger partial charge in [0.1, 0.15) is 13.2 Å². The van der Waals surface area contributed by atoms with Gasteiger partial charge in [-0.25, -0.2) is 9.97 Å². The topological polar surface area (TPSA) is 88.1 Å². The minimum absolute atomic E-state index is 0.0797. The summed E-state index contributed by atoms with van der Waals surface area (Å²) in [7, 11) is 1.95. The largest absolute Gasteiger partial charge is 0.486 e. The molecule has 33 heavy (non-hydrogen) atoms. The van der Waals surface area contributed by atoms with Gasteiger partial charge in [0.2, 0.25) is 11.8 Å². The molecule has 2 amide bonds. The lowest BCUT2D eigenvalue weighted by Crippen LogP contribution is -2.46. The van der Waals surface area contributed by atoms with Crippen LogP contribution >= 0.6 is 0 Å². The summed E-state index contributed by atoms with van der Waals surface area (Å²) in [6.07, 6.45) is 0.163. The van der Waals surface area contributed by atoms with E-state index in [2.05, 4.69) is 0 Å². The molecule has 168 valence electrons. The lowest BCUT2D eigenvalue weighted by atomic mass is 10.1. The number of anilines is 3. The van der Waals surface area contributed by atoms with E-state index in [-0.39, 0.29) is 18.2 Å². The normalized spacial score (nSPS) is 19.7. The number of hydrogen-bond acceptors (Lipinski definition) is 7. The van der Waals surface area contributed by atoms with Crippen LogP contribution in [0.1, 0.15) is 6.42 Å². The Morgan fingerprint density at radius 1 is 0.970 bits per heavy atom. The maximum atomic E-state index is 13.6. The Labute approximate surface area is 190 Å². The Morgan fingerprint density at radius 3 is 2.48 bits per heavy atom. The predicted octanol–water partition coefficient (Wildman–Crippen LogP) is 2.24. The first-order chi connectivity index (χ1) is 16.1. The minimum atomic E-state index is -0.449. The van der Waals surface area contributed by atoms with Crippen LogP contribution in [0.25, 0.3) is 11.0 Å². The van der Waals surface area contributed by atoms with Crippen LogP contribution < -0.4 is 24.2 Å². The lowest BCUT2D eigenvalue weighted by molar-refractivity contribution is -0.124. The van der Waals surface area contributed by atoms with Crippen LogP contribution in [0.5, 0.6) is 11.5 Å². The number of carbonyl (C=O) groups excluding carboxylic acids is 2. The van der Waals surface area contributed by atoms with Crippen LogP contribution in [0.4, 0.5) is 17.3 Å². The number of aromatic nitrogens is 2. The van der Waals surface area contributed by atoms with E-state index in [1.165, 1.54) is 0 Å². The number of hydrogen-bond donors (Lipinski definition) is 0. The Morgan fingerprint density at radius 2 is 1.70 bits per heavy atom. The van der Waals surface area contributed by atoms with Crippen molar-refractivity contribution in [1.29, 1.82) is 0 Å². The molecule has 9 nitrogen and oxygen atoms in total. The molecule has 0 radical (unpaired) electrons. The number of nitrogens with zero attached hydrogens (tertiary/aromatic N) is 5. The Balaban J connectivity index is 1.28. The molecule has 9 heteroatoms. The quantitative estimate of drug-likeness (QED) is 0.598. The van der Waals surface area contributed by atoms with Gasteiger partial charge in [-0.2, -0.15) is 0 Å². The average molecular weight is 445 g/mol. The van der Waals surface area contributed by atoms with Crippen LogP contribution in [0.3, 0.4) is 0 Å². The highest BCUT2D eigenvalue weighted by molar-refractivity contribution is 6.05. The molecule has 4 heterocycles. The summed E-state index contributed by atoms with van der Waals surface area (Å²) in [4.78, 5) is 41.3. The highest BCUT2D eigenvalue weighted by atomic mass is 16.6. The fourth-order valence-corrected chi connectivity index (χ4v) is 4.64. The molecule has 3 aromatic rings. The third kappa shape index (κ3) is 3.31. The van der Waals surface area contributed by atoms with E-state index in [4.69, 9.17) is 19.4 Å². The van der Waals surface area contributed by atoms with Crippen LogP contribution in [-0.4, -0.2) is 61.7 Å². The highest BCUT2D eigenvalue weighted by Gasteiger charge is 2.40. The molecule has 2 aromatic carbocycles. The molecule has 0 aliphatic carbocycles. The van der Waals surface area contributed by atoms with Gasteiger partial charge >= 0.3 is 0 Å². The van der Waals surface area contributed by atoms with Crippen molar-refractivity contribution in [2.45, 2.75) is 6.42 Å². The summed E-state index contributed by atoms with van der Waals surface area (Å²) in [5.41, 5.74) is 2.24. The number of carbonyl (C=O) groups is 2. The van der Waals surface area contributed by atoms with Crippen LogP contribution in [0.2, 0.25) is 0 Å². The molecule has 6 rings (SSSR count). The van der Waals surface area contributed by atoms with Gasteiger partial charge < -0.3 is 19.3 Å². The minimum Gasteiger partial charge on any atom is -0.486 e. The van der Waals surface area contributed by atoms with E-state index < -0.39 is 5.92 Å². The molecular formula is C24H23N5O4. The molecule has 1 unspecified atom stereocenters. The van der Waals surface area contributed by atoms with E-state index in [0.29, 0.717) is 61.7 Å². The second-order valence-electron chi connectivity index (χ2n) is 8.50. The van der Waals surface area contributed by atoms with Crippen LogP contribution in [-0.2, 0) is 9.59 Å². The van der Waals surface area contributed by atoms with Crippen molar-refractivity contribution in [1.82, 2.24) is 9.97 Å². The zero-order valence-corrected chi connectivity index (χ0v) is 18.2. The van der Waals surface area contributed by atoms with Crippen molar-refractivity contribution in [3.63, 3.8) is 0 Å². The van der Waals surface area contributed by atoms with Crippen LogP contribution in [0, 0.1) is 5.92 Å². The van der Waals surface area contributed by atoms with Crippen molar-refractivity contribution in [2.75, 3.05) is 54.6 Å². The van der Waals surface area contributed by atoms with Crippen molar-refractivity contribution in [3.05, 3.63) is 42.5 Å². The third-order valence-corrected chi connectivity index (χ3v) is 6.39. The second kappa shape index (κ2) is 7.61. The number of amides is 2. The molecule has 3 aliphatic heterocycles. The number of rotatable bonds is 2. The van der Waals surface area contributed by atoms with Gasteiger partial charge in [-0.3, -0.25) is 14.5 Å². The fraction of sp³-hybridized carbons (Fsp3) is 0.333. The summed E-state index contributed by atoms with van der Waals surface area (Å²) < 4.78 is 11.2. The van der Waals surface area contributed by atoms with Crippen molar-refractivity contribution in [3.8, 4) is 11.5 Å². The Hall–Kier alpha value is -3.88. The molecule has 3 aliphatic rings. The number of ether oxygens (including phenoxy) is 2. The van der Waals surface area contributed by atoms with Gasteiger partial charge in [0.25, 0.3) is 0 Å². The van der Waals surface area contributed by atoms with Crippen molar-refractivity contribution in [2.24, 2.45) is 5.92 Å². The Kier molecular flexibility index (Phi) is 4.56. The zero-order valence-electron chi connectivity index (χ0n) is 18.2. The molecule has 1 saturated heterocycles. The average Bonchev–Trinajstić information content (AvgIpc) is 3.24. The van der Waals surface area contributed by atoms with Crippen molar-refractivity contribution >= 4 is 40.2 Å². The Bertz CT molecular complexity index is 1280. The molecule has 0 spiro atoms. The van der Waals surface area contributed by atoms with Gasteiger partial charge in [0.15, 0.2) is 23.1 Å². The number of likely N-dealkylation sites (N-methyl/N-ethyl adjacent to an activating group) is 1. The van der Waals surface area contributed by atoms with E-state index in [9.17, 15) is 9.59 Å². The van der Waals surface area contributed by atoms with E-state index in [1.807, 2.05) is 54.4 Å². The maximum Gasteiger partial charge on any atom is 0.233 e. The summed E-state index contributed by atoms with van der Waals surface area (Å²) in [6, 6.07) is 13.1. The van der Waals surface area contributed by atoms with E-state index in [1.54, 1.807) is 9.80 Å². The van der Waals surface area contributed by atoms with E-state index >= 15 is 0 Å². The van der Waals surface area contributed by atoms with Gasteiger partial charge in [-0.05, 0) is 24.3 Å². The highest BCUT2D eigenvalue weighted by Crippen LogP contribution is 2.37. The van der Waals surface area contributed by atoms with Gasteiger partial charge in [0.05, 0.1) is 17.0 Å². The van der Waals surface area contributed by atoms with E-state index in [0.717, 1.165) is 11.0 Å². The monoisotopic (exact) mass is 445 g/mol. The SMILES string of the molecule is CN1CCN(C(=O)C2CC(=O)N(c3ccc4c(c3)OCCO4)C2)c2nc3ccccc3nc21. The molecule has 1 aromatic heterocycles. The zero-order chi connectivity index (χ0) is 22.5. The molecular weight excluding hydrogens is 422 g/mol. The smallest absolute Gasteiger partial charge is 0.233 e. The molecule has 1 atom stereocenters. The van der Waals surface area contributed by atoms with Gasteiger partial charge in [0, 0.05) is 44.9 Å². The predicted molar refractivity (Wildman–Crippen MR) is 123 cm³/mol. The first-order valence-electron chi connectivity index (χ1n) is 11.1. The van der Waals surface area contributed by atoms with Gasteiger partial charge in [-0.15, -0.1) is 0 Å². The molecule has 0 bridgehead atoms. The first kappa shape index (κ1) is 19.8. The summed E-state index contributed by atoms with van der Waals surface area (Å²) >= 11 is 0. The third-order valence-electron chi connectivity index (χ3n) is 6.39. The fourth-order valence-electron chi connectivity index (χ4n) is 4.64. The maximum absolute atomic E-state index is 13.6. The van der Waals surface area contributed by atoms with Crippen molar-refractivity contribution < 1.29 is 19.1 Å². The lowest BCUT2D eigenvalue weighted by Gasteiger charge is -2.34. The molecule has 0 N–H and O–H groups in total. The second-order valence-corrected chi connectivity index (χ2v) is 8.50. The first-order valence-corrected chi connectivity index (χ1v) is 11.1. The summed E-state index contributed by atoms with van der Waals surface area (Å²) in [5, 5.41) is 0. The molecule has 0 saturated carbocycles.